The van der Waals surface area contributed by atoms with Crippen molar-refractivity contribution in [2.45, 2.75) is 26.2 Å². The van der Waals surface area contributed by atoms with E-state index in [1.54, 1.807) is 12.1 Å². The molecule has 1 amide bonds. The summed E-state index contributed by atoms with van der Waals surface area (Å²) < 4.78 is 5.91. The van der Waals surface area contributed by atoms with Gasteiger partial charge in [-0.2, -0.15) is 0 Å². The molecule has 1 heterocycles. The van der Waals surface area contributed by atoms with E-state index in [0.717, 1.165) is 29.2 Å². The van der Waals surface area contributed by atoms with Crippen molar-refractivity contribution in [3.05, 3.63) is 86.9 Å². The number of fused-ring (bicyclic) bond motifs is 1. The zero-order valence-corrected chi connectivity index (χ0v) is 20.4. The lowest BCUT2D eigenvalue weighted by molar-refractivity contribution is -0.384. The Labute approximate surface area is 211 Å². The van der Waals surface area contributed by atoms with Crippen LogP contribution in [0.3, 0.4) is 0 Å². The van der Waals surface area contributed by atoms with Gasteiger partial charge in [0.1, 0.15) is 5.52 Å². The second kappa shape index (κ2) is 10.2. The fourth-order valence-corrected chi connectivity index (χ4v) is 3.91. The second-order valence-corrected chi connectivity index (χ2v) is 8.78. The lowest BCUT2D eigenvalue weighted by Crippen LogP contribution is -2.34. The van der Waals surface area contributed by atoms with Gasteiger partial charge >= 0.3 is 0 Å². The summed E-state index contributed by atoms with van der Waals surface area (Å²) in [6.45, 7) is 4.34. The van der Waals surface area contributed by atoms with Crippen LogP contribution in [0.2, 0.25) is 5.02 Å². The molecule has 8 nitrogen and oxygen atoms in total. The maximum atomic E-state index is 12.4. The van der Waals surface area contributed by atoms with E-state index in [1.165, 1.54) is 17.7 Å². The van der Waals surface area contributed by atoms with Crippen molar-refractivity contribution in [3.63, 3.8) is 0 Å². The number of thiocarbonyl (C=S) groups is 1. The Morgan fingerprint density at radius 1 is 1.17 bits per heavy atom. The molecule has 0 spiro atoms. The third kappa shape index (κ3) is 5.47. The van der Waals surface area contributed by atoms with Crippen LogP contribution in [-0.2, 0) is 0 Å². The van der Waals surface area contributed by atoms with Gasteiger partial charge in [0, 0.05) is 23.4 Å². The number of aromatic nitrogens is 1. The number of non-ortho nitro benzene ring substituents is 1. The summed E-state index contributed by atoms with van der Waals surface area (Å²) in [4.78, 5) is 27.3. The molecule has 1 atom stereocenters. The number of rotatable bonds is 6. The number of amides is 1. The number of oxazole rings is 1. The van der Waals surface area contributed by atoms with Crippen LogP contribution in [0.15, 0.2) is 65.1 Å². The van der Waals surface area contributed by atoms with Crippen molar-refractivity contribution in [2.75, 3.05) is 5.32 Å². The van der Waals surface area contributed by atoms with Gasteiger partial charge in [0.2, 0.25) is 5.89 Å². The van der Waals surface area contributed by atoms with Crippen molar-refractivity contribution >= 4 is 57.3 Å². The number of anilines is 1. The Morgan fingerprint density at radius 2 is 1.91 bits per heavy atom. The second-order valence-electron chi connectivity index (χ2n) is 7.96. The van der Waals surface area contributed by atoms with E-state index < -0.39 is 10.8 Å². The molecule has 1 aromatic heterocycles. The molecule has 4 aromatic rings. The monoisotopic (exact) mass is 508 g/mol. The van der Waals surface area contributed by atoms with Crippen LogP contribution < -0.4 is 10.6 Å². The molecule has 10 heteroatoms. The first-order valence-corrected chi connectivity index (χ1v) is 11.6. The van der Waals surface area contributed by atoms with E-state index in [4.69, 9.17) is 28.2 Å². The SMILES string of the molecule is CC[C@@H](C)c1ccc2oc(-c3ccc(NC(=S)NC(=O)c4ccc([N+](=O)[O-])cc4Cl)cc3)nc2c1. The first kappa shape index (κ1) is 24.3. The standard InChI is InChI=1S/C25H21ClN4O4S/c1-3-14(2)16-6-11-22-21(12-16)28-24(34-22)15-4-7-17(8-5-15)27-25(35)29-23(31)19-10-9-18(30(32)33)13-20(19)26/h4-14H,3H2,1-2H3,(H2,27,29,31,35)/t14-/m1/s1. The van der Waals surface area contributed by atoms with E-state index >= 15 is 0 Å². The Kier molecular flexibility index (Phi) is 7.09. The van der Waals surface area contributed by atoms with Gasteiger partial charge in [0.15, 0.2) is 10.7 Å². The van der Waals surface area contributed by atoms with Gasteiger partial charge in [-0.1, -0.05) is 31.5 Å². The number of nitro benzene ring substituents is 1. The Bertz CT molecular complexity index is 1440. The van der Waals surface area contributed by atoms with E-state index in [0.29, 0.717) is 17.5 Å². The lowest BCUT2D eigenvalue weighted by atomic mass is 9.98. The number of hydrogen-bond acceptors (Lipinski definition) is 6. The number of nitrogens with one attached hydrogen (secondary N) is 2. The zero-order valence-electron chi connectivity index (χ0n) is 18.9. The number of carbonyl (C=O) groups is 1. The van der Waals surface area contributed by atoms with Crippen LogP contribution in [0.25, 0.3) is 22.6 Å². The summed E-state index contributed by atoms with van der Waals surface area (Å²) in [5, 5.41) is 16.3. The van der Waals surface area contributed by atoms with Gasteiger partial charge in [0.25, 0.3) is 11.6 Å². The van der Waals surface area contributed by atoms with Gasteiger partial charge in [-0.15, -0.1) is 0 Å². The number of hydrogen-bond donors (Lipinski definition) is 2. The molecule has 0 aliphatic heterocycles. The Balaban J connectivity index is 1.42. The number of nitro groups is 1. The topological polar surface area (TPSA) is 110 Å². The quantitative estimate of drug-likeness (QED) is 0.169. The first-order valence-electron chi connectivity index (χ1n) is 10.8. The van der Waals surface area contributed by atoms with E-state index in [9.17, 15) is 14.9 Å². The normalized spacial score (nSPS) is 11.7. The van der Waals surface area contributed by atoms with E-state index in [2.05, 4.69) is 41.6 Å². The van der Waals surface area contributed by atoms with Crippen LogP contribution in [0.5, 0.6) is 0 Å². The van der Waals surface area contributed by atoms with Crippen molar-refractivity contribution in [1.82, 2.24) is 10.3 Å². The molecule has 2 N–H and O–H groups in total. The summed E-state index contributed by atoms with van der Waals surface area (Å²) in [6, 6.07) is 16.9. The highest BCUT2D eigenvalue weighted by Gasteiger charge is 2.16. The predicted molar refractivity (Wildman–Crippen MR) is 140 cm³/mol. The maximum absolute atomic E-state index is 12.4. The summed E-state index contributed by atoms with van der Waals surface area (Å²) in [7, 11) is 0. The smallest absolute Gasteiger partial charge is 0.270 e. The van der Waals surface area contributed by atoms with Crippen molar-refractivity contribution < 1.29 is 14.1 Å². The number of nitrogens with zero attached hydrogens (tertiary/aromatic N) is 2. The third-order valence-corrected chi connectivity index (χ3v) is 6.13. The van der Waals surface area contributed by atoms with E-state index in [-0.39, 0.29) is 21.4 Å². The van der Waals surface area contributed by atoms with Crippen molar-refractivity contribution in [3.8, 4) is 11.5 Å². The molecule has 0 bridgehead atoms. The van der Waals surface area contributed by atoms with Gasteiger partial charge in [-0.3, -0.25) is 20.2 Å². The van der Waals surface area contributed by atoms with Crippen LogP contribution in [-0.4, -0.2) is 20.9 Å². The minimum Gasteiger partial charge on any atom is -0.436 e. The summed E-state index contributed by atoms with van der Waals surface area (Å²) >= 11 is 11.2. The Morgan fingerprint density at radius 3 is 2.57 bits per heavy atom. The molecule has 0 saturated carbocycles. The van der Waals surface area contributed by atoms with Gasteiger partial charge in [0.05, 0.1) is 15.5 Å². The third-order valence-electron chi connectivity index (χ3n) is 5.62. The molecule has 4 rings (SSSR count). The highest BCUT2D eigenvalue weighted by molar-refractivity contribution is 7.80. The predicted octanol–water partition coefficient (Wildman–Crippen LogP) is 6.70. The molecule has 0 radical (unpaired) electrons. The molecule has 0 saturated heterocycles. The van der Waals surface area contributed by atoms with Crippen molar-refractivity contribution in [2.24, 2.45) is 0 Å². The minimum atomic E-state index is -0.589. The lowest BCUT2D eigenvalue weighted by Gasteiger charge is -2.10. The Hall–Kier alpha value is -3.82. The number of benzene rings is 3. The fraction of sp³-hybridized carbons (Fsp3) is 0.160. The average molecular weight is 509 g/mol. The summed E-state index contributed by atoms with van der Waals surface area (Å²) in [5.41, 5.74) is 4.07. The largest absolute Gasteiger partial charge is 0.436 e. The molecular formula is C25H21ClN4O4S. The minimum absolute atomic E-state index is 0.0431. The molecule has 0 unspecified atom stereocenters. The zero-order chi connectivity index (χ0) is 25.1. The summed E-state index contributed by atoms with van der Waals surface area (Å²) in [5.74, 6) is 0.379. The molecule has 0 fully saturated rings. The molecule has 3 aromatic carbocycles. The highest BCUT2D eigenvalue weighted by Crippen LogP contribution is 2.28. The van der Waals surface area contributed by atoms with Gasteiger partial charge in [-0.05, 0) is 72.6 Å². The molecule has 0 aliphatic rings. The highest BCUT2D eigenvalue weighted by atomic mass is 35.5. The number of halogens is 1. The average Bonchev–Trinajstić information content (AvgIpc) is 3.27. The number of carbonyl (C=O) groups excluding carboxylic acids is 1. The van der Waals surface area contributed by atoms with Crippen molar-refractivity contribution in [1.29, 1.82) is 0 Å². The van der Waals surface area contributed by atoms with Gasteiger partial charge < -0.3 is 9.73 Å². The molecule has 178 valence electrons. The maximum Gasteiger partial charge on any atom is 0.270 e. The molecular weight excluding hydrogens is 488 g/mol. The van der Waals surface area contributed by atoms with Crippen LogP contribution in [0, 0.1) is 10.1 Å². The summed E-state index contributed by atoms with van der Waals surface area (Å²) in [6.07, 6.45) is 1.05. The van der Waals surface area contributed by atoms with Crippen LogP contribution in [0.1, 0.15) is 42.1 Å². The van der Waals surface area contributed by atoms with Gasteiger partial charge in [-0.25, -0.2) is 4.98 Å². The van der Waals surface area contributed by atoms with Crippen LogP contribution in [0.4, 0.5) is 11.4 Å². The van der Waals surface area contributed by atoms with Crippen LogP contribution >= 0.6 is 23.8 Å². The molecule has 35 heavy (non-hydrogen) atoms. The van der Waals surface area contributed by atoms with E-state index in [1.807, 2.05) is 18.2 Å². The molecule has 0 aliphatic carbocycles. The fourth-order valence-electron chi connectivity index (χ4n) is 3.44. The first-order chi connectivity index (χ1) is 16.7.